The van der Waals surface area contributed by atoms with Crippen LogP contribution in [-0.4, -0.2) is 92.5 Å². The summed E-state index contributed by atoms with van der Waals surface area (Å²) in [6.45, 7) is 13.9. The molecular formula is C34H53NO11. The number of hydrogen-bond acceptors (Lipinski definition) is 12. The first-order valence-electron chi connectivity index (χ1n) is 15.4. The fraction of sp³-hybridized carbons (Fsp3) is 0.588. The molecule has 12 nitrogen and oxygen atoms in total. The van der Waals surface area contributed by atoms with Gasteiger partial charge in [-0.2, -0.15) is 0 Å². The summed E-state index contributed by atoms with van der Waals surface area (Å²) < 4.78 is 48.3. The van der Waals surface area contributed by atoms with Crippen molar-refractivity contribution in [3.8, 4) is 34.5 Å². The third kappa shape index (κ3) is 15.5. The van der Waals surface area contributed by atoms with E-state index in [1.165, 1.54) is 14.2 Å². The second kappa shape index (κ2) is 22.7. The summed E-state index contributed by atoms with van der Waals surface area (Å²) in [5, 5.41) is 3.33. The highest BCUT2D eigenvalue weighted by atomic mass is 16.6. The summed E-state index contributed by atoms with van der Waals surface area (Å²) in [4.78, 5) is 22.4. The van der Waals surface area contributed by atoms with Gasteiger partial charge in [0.1, 0.15) is 40.1 Å². The van der Waals surface area contributed by atoms with Gasteiger partial charge < -0.3 is 47.9 Å². The summed E-state index contributed by atoms with van der Waals surface area (Å²) in [5.41, 5.74) is 0.883. The average Bonchev–Trinajstić information content (AvgIpc) is 3.02. The number of esters is 1. The number of ether oxygens (including phenoxy) is 9. The van der Waals surface area contributed by atoms with Gasteiger partial charge in [-0.3, -0.25) is 9.59 Å². The highest BCUT2D eigenvalue weighted by Gasteiger charge is 2.16. The predicted molar refractivity (Wildman–Crippen MR) is 175 cm³/mol. The van der Waals surface area contributed by atoms with Crippen LogP contribution in [-0.2, 0) is 25.5 Å². The van der Waals surface area contributed by atoms with Crippen LogP contribution in [0.5, 0.6) is 34.5 Å². The molecule has 0 bridgehead atoms. The van der Waals surface area contributed by atoms with Crippen LogP contribution < -0.4 is 33.7 Å². The predicted octanol–water partition coefficient (Wildman–Crippen LogP) is 5.26. The first-order chi connectivity index (χ1) is 22.1. The van der Waals surface area contributed by atoms with Gasteiger partial charge in [0.2, 0.25) is 0 Å². The molecule has 0 fully saturated rings. The van der Waals surface area contributed by atoms with Crippen LogP contribution in [0.15, 0.2) is 24.3 Å². The van der Waals surface area contributed by atoms with Crippen molar-refractivity contribution < 1.29 is 52.2 Å². The Morgan fingerprint density at radius 1 is 0.739 bits per heavy atom. The van der Waals surface area contributed by atoms with Crippen molar-refractivity contribution in [3.05, 3.63) is 35.4 Å². The van der Waals surface area contributed by atoms with Gasteiger partial charge in [-0.25, -0.2) is 0 Å². The van der Waals surface area contributed by atoms with Crippen molar-refractivity contribution in [2.45, 2.75) is 59.6 Å². The minimum atomic E-state index is -0.441. The Bertz CT molecular complexity index is 1110. The van der Waals surface area contributed by atoms with Crippen molar-refractivity contribution in [3.63, 3.8) is 0 Å². The topological polar surface area (TPSA) is 129 Å². The van der Waals surface area contributed by atoms with Gasteiger partial charge in [0.15, 0.2) is 6.29 Å². The average molecular weight is 652 g/mol. The van der Waals surface area contributed by atoms with Crippen molar-refractivity contribution in [1.29, 1.82) is 0 Å². The summed E-state index contributed by atoms with van der Waals surface area (Å²) >= 11 is 0. The third-order valence-electron chi connectivity index (χ3n) is 6.03. The number of hydrogen-bond donors (Lipinski definition) is 1. The van der Waals surface area contributed by atoms with Crippen LogP contribution in [0.25, 0.3) is 0 Å². The third-order valence-corrected chi connectivity index (χ3v) is 6.03. The van der Waals surface area contributed by atoms with Gasteiger partial charge in [0.05, 0.1) is 72.6 Å². The van der Waals surface area contributed by atoms with E-state index in [-0.39, 0.29) is 5.97 Å². The smallest absolute Gasteiger partial charge is 0.306 e. The first kappa shape index (κ1) is 40.3. The zero-order valence-electron chi connectivity index (χ0n) is 28.9. The van der Waals surface area contributed by atoms with Crippen LogP contribution in [0.1, 0.15) is 63.4 Å². The van der Waals surface area contributed by atoms with Gasteiger partial charge in [0.25, 0.3) is 0 Å². The van der Waals surface area contributed by atoms with Gasteiger partial charge >= 0.3 is 5.97 Å². The van der Waals surface area contributed by atoms with E-state index < -0.39 is 5.60 Å². The molecule has 0 spiro atoms. The Balaban J connectivity index is 0.000000587. The van der Waals surface area contributed by atoms with Crippen LogP contribution in [0.3, 0.4) is 0 Å². The molecule has 260 valence electrons. The number of nitrogens with one attached hydrogen (secondary N) is 1. The molecule has 0 aromatic heterocycles. The zero-order valence-corrected chi connectivity index (χ0v) is 28.9. The van der Waals surface area contributed by atoms with Crippen molar-refractivity contribution in [1.82, 2.24) is 5.32 Å². The molecule has 0 saturated carbocycles. The van der Waals surface area contributed by atoms with Gasteiger partial charge in [-0.05, 0) is 41.0 Å². The summed E-state index contributed by atoms with van der Waals surface area (Å²) in [6, 6.07) is 7.05. The quantitative estimate of drug-likeness (QED) is 0.107. The van der Waals surface area contributed by atoms with E-state index in [4.69, 9.17) is 42.6 Å². The largest absolute Gasteiger partial charge is 0.496 e. The summed E-state index contributed by atoms with van der Waals surface area (Å²) in [7, 11) is 6.25. The van der Waals surface area contributed by atoms with Crippen LogP contribution in [0, 0.1) is 0 Å². The lowest BCUT2D eigenvalue weighted by atomic mass is 10.1. The molecule has 1 N–H and O–H groups in total. The molecule has 2 rings (SSSR count). The zero-order chi connectivity index (χ0) is 34.4. The van der Waals surface area contributed by atoms with E-state index in [1.54, 1.807) is 26.4 Å². The molecule has 0 saturated heterocycles. The van der Waals surface area contributed by atoms with E-state index in [9.17, 15) is 9.59 Å². The molecule has 0 aliphatic heterocycles. The maximum Gasteiger partial charge on any atom is 0.306 e. The molecule has 0 unspecified atom stereocenters. The number of benzene rings is 2. The fourth-order valence-corrected chi connectivity index (χ4v) is 4.06. The standard InChI is InChI=1S/C23H39NO7.C11H14O4/c1-7-30-18-15-20(26-5)19(21(16-18)27-6)17-24-10-12-29-14-13-28-11-8-9-22(25)31-23(2,3)4;1-4-15-8-5-10(13-2)9(7-12)11(6-8)14-3/h15-16,24H,7-14,17H2,1-6H3;5-7H,4H2,1-3H3. The lowest BCUT2D eigenvalue weighted by molar-refractivity contribution is -0.155. The molecule has 2 aromatic carbocycles. The van der Waals surface area contributed by atoms with E-state index in [0.29, 0.717) is 94.7 Å². The Hall–Kier alpha value is -3.74. The lowest BCUT2D eigenvalue weighted by Gasteiger charge is -2.19. The summed E-state index contributed by atoms with van der Waals surface area (Å²) in [6.07, 6.45) is 1.70. The van der Waals surface area contributed by atoms with E-state index in [2.05, 4.69) is 5.32 Å². The van der Waals surface area contributed by atoms with E-state index >= 15 is 0 Å². The lowest BCUT2D eigenvalue weighted by Crippen LogP contribution is -2.24. The molecule has 0 atom stereocenters. The highest BCUT2D eigenvalue weighted by molar-refractivity contribution is 5.84. The normalized spacial score (nSPS) is 10.7. The first-order valence-corrected chi connectivity index (χ1v) is 15.4. The van der Waals surface area contributed by atoms with E-state index in [1.807, 2.05) is 46.8 Å². The van der Waals surface area contributed by atoms with E-state index in [0.717, 1.165) is 22.8 Å². The number of rotatable bonds is 21. The molecule has 2 aromatic rings. The van der Waals surface area contributed by atoms with Crippen molar-refractivity contribution in [2.24, 2.45) is 0 Å². The number of aldehydes is 1. The molecule has 0 heterocycles. The fourth-order valence-electron chi connectivity index (χ4n) is 4.06. The number of methoxy groups -OCH3 is 4. The van der Waals surface area contributed by atoms with Crippen LogP contribution >= 0.6 is 0 Å². The minimum absolute atomic E-state index is 0.195. The van der Waals surface area contributed by atoms with Crippen LogP contribution in [0.4, 0.5) is 0 Å². The minimum Gasteiger partial charge on any atom is -0.496 e. The molecule has 0 aliphatic carbocycles. The summed E-state index contributed by atoms with van der Waals surface area (Å²) in [5.74, 6) is 3.48. The molecule has 0 radical (unpaired) electrons. The van der Waals surface area contributed by atoms with Gasteiger partial charge in [-0.15, -0.1) is 0 Å². The molecular weight excluding hydrogens is 598 g/mol. The Kier molecular flexibility index (Phi) is 19.9. The molecule has 0 amide bonds. The van der Waals surface area contributed by atoms with Crippen LogP contribution in [0.2, 0.25) is 0 Å². The Labute approximate surface area is 273 Å². The number of carbonyl (C=O) groups excluding carboxylic acids is 2. The molecule has 12 heteroatoms. The van der Waals surface area contributed by atoms with Gasteiger partial charge in [-0.1, -0.05) is 0 Å². The second-order valence-corrected chi connectivity index (χ2v) is 10.6. The molecule has 46 heavy (non-hydrogen) atoms. The maximum absolute atomic E-state index is 11.6. The Morgan fingerprint density at radius 2 is 1.22 bits per heavy atom. The molecule has 0 aliphatic rings. The van der Waals surface area contributed by atoms with Gasteiger partial charge in [0, 0.05) is 50.4 Å². The SMILES string of the molecule is CCOc1cc(OC)c(C=O)c(OC)c1.CCOc1cc(OC)c(CNCCOCCOCCCC(=O)OC(C)(C)C)c(OC)c1. The monoisotopic (exact) mass is 651 g/mol. The second-order valence-electron chi connectivity index (χ2n) is 10.6. The van der Waals surface area contributed by atoms with Crippen molar-refractivity contribution >= 4 is 12.3 Å². The number of carbonyl (C=O) groups is 2. The van der Waals surface area contributed by atoms with Crippen molar-refractivity contribution in [2.75, 3.05) is 74.6 Å². The maximum atomic E-state index is 11.6. The highest BCUT2D eigenvalue weighted by Crippen LogP contribution is 2.34. The Morgan fingerprint density at radius 3 is 1.65 bits per heavy atom.